The summed E-state index contributed by atoms with van der Waals surface area (Å²) in [7, 11) is 0. The number of rotatable bonds is 2. The van der Waals surface area contributed by atoms with E-state index in [9.17, 15) is 4.79 Å². The number of thiophene rings is 1. The van der Waals surface area contributed by atoms with E-state index in [4.69, 9.17) is 0 Å². The molecular weight excluding hydrogens is 308 g/mol. The largest absolute Gasteiger partial charge is 0.310 e. The van der Waals surface area contributed by atoms with Crippen LogP contribution in [0.15, 0.2) is 16.2 Å². The average Bonchev–Trinajstić information content (AvgIpc) is 2.99. The maximum atomic E-state index is 12.0. The van der Waals surface area contributed by atoms with Gasteiger partial charge in [-0.25, -0.2) is 4.98 Å². The van der Waals surface area contributed by atoms with Crippen LogP contribution in [0.1, 0.15) is 25.1 Å². The second kappa shape index (κ2) is 6.04. The Balaban J connectivity index is 0.00000132. The molecule has 2 fully saturated rings. The SMILES string of the molecule is Cl.O=c1[nH]c(CN2CCC3CCC(C2)N3)nc2ccsc12. The lowest BCUT2D eigenvalue weighted by molar-refractivity contribution is 0.245. The summed E-state index contributed by atoms with van der Waals surface area (Å²) in [4.78, 5) is 21.9. The van der Waals surface area contributed by atoms with E-state index in [-0.39, 0.29) is 18.0 Å². The van der Waals surface area contributed by atoms with E-state index in [0.717, 1.165) is 35.7 Å². The third-order valence-electron chi connectivity index (χ3n) is 4.34. The van der Waals surface area contributed by atoms with Gasteiger partial charge >= 0.3 is 0 Å². The molecule has 7 heteroatoms. The Labute approximate surface area is 133 Å². The minimum Gasteiger partial charge on any atom is -0.310 e. The van der Waals surface area contributed by atoms with Crippen molar-refractivity contribution in [2.45, 2.75) is 37.9 Å². The highest BCUT2D eigenvalue weighted by atomic mass is 35.5. The van der Waals surface area contributed by atoms with Crippen molar-refractivity contribution in [2.75, 3.05) is 13.1 Å². The van der Waals surface area contributed by atoms with Gasteiger partial charge in [-0.1, -0.05) is 0 Å². The summed E-state index contributed by atoms with van der Waals surface area (Å²) in [5, 5.41) is 5.60. The van der Waals surface area contributed by atoms with Crippen molar-refractivity contribution in [3.05, 3.63) is 27.6 Å². The molecule has 0 aromatic carbocycles. The molecule has 2 atom stereocenters. The van der Waals surface area contributed by atoms with Crippen LogP contribution in [-0.4, -0.2) is 40.0 Å². The fourth-order valence-electron chi connectivity index (χ4n) is 3.37. The van der Waals surface area contributed by atoms with Crippen molar-refractivity contribution in [3.8, 4) is 0 Å². The molecule has 2 aliphatic rings. The van der Waals surface area contributed by atoms with Gasteiger partial charge in [-0.05, 0) is 30.7 Å². The van der Waals surface area contributed by atoms with Crippen molar-refractivity contribution < 1.29 is 0 Å². The molecule has 5 nitrogen and oxygen atoms in total. The summed E-state index contributed by atoms with van der Waals surface area (Å²) in [6, 6.07) is 3.22. The van der Waals surface area contributed by atoms with Gasteiger partial charge in [0.05, 0.1) is 12.1 Å². The first-order chi connectivity index (χ1) is 9.78. The Morgan fingerprint density at radius 3 is 3.10 bits per heavy atom. The Bertz CT molecular complexity index is 685. The van der Waals surface area contributed by atoms with Crippen molar-refractivity contribution in [3.63, 3.8) is 0 Å². The van der Waals surface area contributed by atoms with Crippen LogP contribution < -0.4 is 10.9 Å². The molecule has 2 saturated heterocycles. The monoisotopic (exact) mass is 326 g/mol. The fourth-order valence-corrected chi connectivity index (χ4v) is 4.09. The normalized spacial score (nSPS) is 25.7. The number of nitrogens with one attached hydrogen (secondary N) is 2. The molecule has 2 unspecified atom stereocenters. The van der Waals surface area contributed by atoms with Crippen molar-refractivity contribution >= 4 is 34.0 Å². The Kier molecular flexibility index (Phi) is 4.31. The van der Waals surface area contributed by atoms with Gasteiger partial charge in [0.25, 0.3) is 5.56 Å². The summed E-state index contributed by atoms with van der Waals surface area (Å²) in [5.74, 6) is 0.790. The van der Waals surface area contributed by atoms with E-state index in [2.05, 4.69) is 20.2 Å². The fraction of sp³-hybridized carbons (Fsp3) is 0.571. The first-order valence-corrected chi connectivity index (χ1v) is 8.11. The maximum absolute atomic E-state index is 12.0. The molecule has 114 valence electrons. The number of halogens is 1. The van der Waals surface area contributed by atoms with Crippen LogP contribution in [0.25, 0.3) is 10.2 Å². The molecule has 0 spiro atoms. The summed E-state index contributed by atoms with van der Waals surface area (Å²) in [6.07, 6.45) is 3.78. The average molecular weight is 327 g/mol. The van der Waals surface area contributed by atoms with Crippen molar-refractivity contribution in [1.29, 1.82) is 0 Å². The van der Waals surface area contributed by atoms with E-state index >= 15 is 0 Å². The second-order valence-corrected chi connectivity index (χ2v) is 6.73. The van der Waals surface area contributed by atoms with Crippen LogP contribution in [-0.2, 0) is 6.54 Å². The number of nitrogens with zero attached hydrogens (tertiary/aromatic N) is 2. The van der Waals surface area contributed by atoms with Gasteiger partial charge in [0.1, 0.15) is 10.5 Å². The van der Waals surface area contributed by atoms with Gasteiger partial charge in [0, 0.05) is 25.2 Å². The first kappa shape index (κ1) is 15.0. The number of H-pyrrole nitrogens is 1. The highest BCUT2D eigenvalue weighted by Gasteiger charge is 2.29. The van der Waals surface area contributed by atoms with Crippen LogP contribution in [0.3, 0.4) is 0 Å². The molecule has 2 N–H and O–H groups in total. The van der Waals surface area contributed by atoms with E-state index < -0.39 is 0 Å². The molecule has 0 aliphatic carbocycles. The third kappa shape index (κ3) is 2.99. The predicted octanol–water partition coefficient (Wildman–Crippen LogP) is 1.73. The second-order valence-electron chi connectivity index (χ2n) is 5.81. The van der Waals surface area contributed by atoms with Gasteiger partial charge < -0.3 is 10.3 Å². The van der Waals surface area contributed by atoms with Crippen LogP contribution in [0.4, 0.5) is 0 Å². The molecule has 2 aliphatic heterocycles. The molecule has 4 rings (SSSR count). The van der Waals surface area contributed by atoms with Crippen LogP contribution in [0.5, 0.6) is 0 Å². The van der Waals surface area contributed by atoms with E-state index in [0.29, 0.717) is 12.1 Å². The van der Waals surface area contributed by atoms with Crippen molar-refractivity contribution in [2.24, 2.45) is 0 Å². The van der Waals surface area contributed by atoms with E-state index in [1.165, 1.54) is 30.6 Å². The molecule has 2 bridgehead atoms. The standard InChI is InChI=1S/C14H18N4OS.ClH/c19-14-13-11(4-6-20-13)16-12(17-14)8-18-5-3-9-1-2-10(7-18)15-9;/h4,6,9-10,15H,1-3,5,7-8H2,(H,16,17,19);1H. The van der Waals surface area contributed by atoms with E-state index in [1.54, 1.807) is 0 Å². The van der Waals surface area contributed by atoms with Gasteiger partial charge in [-0.15, -0.1) is 23.7 Å². The Morgan fingerprint density at radius 2 is 2.19 bits per heavy atom. The summed E-state index contributed by atoms with van der Waals surface area (Å²) in [5.41, 5.74) is 0.817. The summed E-state index contributed by atoms with van der Waals surface area (Å²) in [6.45, 7) is 2.88. The number of likely N-dealkylation sites (tertiary alicyclic amines) is 1. The zero-order valence-electron chi connectivity index (χ0n) is 11.7. The minimum absolute atomic E-state index is 0. The third-order valence-corrected chi connectivity index (χ3v) is 5.25. The Hall–Kier alpha value is -0.950. The maximum Gasteiger partial charge on any atom is 0.268 e. The topological polar surface area (TPSA) is 61.0 Å². The first-order valence-electron chi connectivity index (χ1n) is 7.23. The highest BCUT2D eigenvalue weighted by molar-refractivity contribution is 7.17. The van der Waals surface area contributed by atoms with Crippen molar-refractivity contribution in [1.82, 2.24) is 20.2 Å². The molecule has 0 radical (unpaired) electrons. The summed E-state index contributed by atoms with van der Waals surface area (Å²) >= 11 is 1.45. The lowest BCUT2D eigenvalue weighted by Gasteiger charge is -2.23. The molecule has 0 amide bonds. The smallest absolute Gasteiger partial charge is 0.268 e. The number of fused-ring (bicyclic) bond motifs is 3. The number of hydrogen-bond donors (Lipinski definition) is 2. The molecule has 2 aromatic rings. The van der Waals surface area contributed by atoms with E-state index in [1.807, 2.05) is 11.4 Å². The summed E-state index contributed by atoms with van der Waals surface area (Å²) < 4.78 is 0.727. The molecule has 21 heavy (non-hydrogen) atoms. The molecule has 4 heterocycles. The predicted molar refractivity (Wildman–Crippen MR) is 87.3 cm³/mol. The van der Waals surface area contributed by atoms with Gasteiger partial charge in [0.2, 0.25) is 0 Å². The number of aromatic amines is 1. The lowest BCUT2D eigenvalue weighted by Crippen LogP contribution is -2.35. The van der Waals surface area contributed by atoms with Crippen LogP contribution >= 0.6 is 23.7 Å². The zero-order valence-corrected chi connectivity index (χ0v) is 13.3. The highest BCUT2D eigenvalue weighted by Crippen LogP contribution is 2.21. The zero-order chi connectivity index (χ0) is 13.5. The molecular formula is C14H19ClN4OS. The van der Waals surface area contributed by atoms with Gasteiger partial charge in [-0.3, -0.25) is 9.69 Å². The lowest BCUT2D eigenvalue weighted by atomic mass is 10.1. The quantitative estimate of drug-likeness (QED) is 0.882. The Morgan fingerprint density at radius 1 is 1.33 bits per heavy atom. The van der Waals surface area contributed by atoms with Gasteiger partial charge in [-0.2, -0.15) is 0 Å². The van der Waals surface area contributed by atoms with Crippen LogP contribution in [0, 0.1) is 0 Å². The molecule has 0 saturated carbocycles. The number of hydrogen-bond acceptors (Lipinski definition) is 5. The minimum atomic E-state index is -0.00512. The van der Waals surface area contributed by atoms with Gasteiger partial charge in [0.15, 0.2) is 0 Å². The molecule has 2 aromatic heterocycles. The van der Waals surface area contributed by atoms with Crippen LogP contribution in [0.2, 0.25) is 0 Å². The number of aromatic nitrogens is 2.